The fourth-order valence-electron chi connectivity index (χ4n) is 1.11. The highest BCUT2D eigenvalue weighted by Crippen LogP contribution is 2.20. The van der Waals surface area contributed by atoms with Crippen molar-refractivity contribution in [1.82, 2.24) is 8.75 Å². The third-order valence-corrected chi connectivity index (χ3v) is 2.61. The first-order valence-corrected chi connectivity index (χ1v) is 4.79. The van der Waals surface area contributed by atoms with Crippen LogP contribution in [-0.2, 0) is 4.74 Å². The van der Waals surface area contributed by atoms with Gasteiger partial charge in [-0.05, 0) is 6.42 Å². The van der Waals surface area contributed by atoms with Gasteiger partial charge >= 0.3 is 0 Å². The van der Waals surface area contributed by atoms with Gasteiger partial charge in [-0.2, -0.15) is 8.75 Å². The van der Waals surface area contributed by atoms with Gasteiger partial charge in [0.25, 0.3) is 0 Å². The van der Waals surface area contributed by atoms with E-state index in [0.29, 0.717) is 17.0 Å². The fraction of sp³-hybridized carbons (Fsp3) is 0.667. The van der Waals surface area contributed by atoms with Gasteiger partial charge in [0.05, 0.1) is 24.4 Å². The van der Waals surface area contributed by atoms with E-state index in [1.54, 1.807) is 0 Å². The Morgan fingerprint density at radius 1 is 1.58 bits per heavy atom. The molecule has 1 atom stereocenters. The summed E-state index contributed by atoms with van der Waals surface area (Å²) in [4.78, 5) is 0. The van der Waals surface area contributed by atoms with Crippen molar-refractivity contribution in [2.24, 2.45) is 0 Å². The Morgan fingerprint density at radius 2 is 2.50 bits per heavy atom. The highest BCUT2D eigenvalue weighted by molar-refractivity contribution is 6.99. The van der Waals surface area contributed by atoms with Gasteiger partial charge in [0.2, 0.25) is 0 Å². The molecule has 0 aliphatic carbocycles. The summed E-state index contributed by atoms with van der Waals surface area (Å²) >= 11 is 6.87. The second-order valence-electron chi connectivity index (χ2n) is 2.61. The van der Waals surface area contributed by atoms with E-state index < -0.39 is 0 Å². The number of ether oxygens (including phenoxy) is 1. The highest BCUT2D eigenvalue weighted by atomic mass is 35.5. The Morgan fingerprint density at radius 3 is 3.08 bits per heavy atom. The Bertz CT molecular complexity index is 261. The largest absolute Gasteiger partial charge is 0.379 e. The summed E-state index contributed by atoms with van der Waals surface area (Å²) < 4.78 is 13.1. The molecule has 0 bridgehead atoms. The van der Waals surface area contributed by atoms with Crippen molar-refractivity contribution in [3.8, 4) is 0 Å². The number of halogens is 1. The van der Waals surface area contributed by atoms with E-state index in [4.69, 9.17) is 16.3 Å². The second kappa shape index (κ2) is 3.55. The zero-order valence-corrected chi connectivity index (χ0v) is 7.86. The molecule has 1 aromatic heterocycles. The van der Waals surface area contributed by atoms with Crippen molar-refractivity contribution < 1.29 is 4.74 Å². The molecule has 0 saturated carbocycles. The van der Waals surface area contributed by atoms with Gasteiger partial charge in [-0.1, -0.05) is 11.6 Å². The number of anilines is 1. The lowest BCUT2D eigenvalue weighted by Gasteiger charge is -2.07. The molecule has 1 N–H and O–H groups in total. The average Bonchev–Trinajstić information content (AvgIpc) is 2.65. The predicted molar refractivity (Wildman–Crippen MR) is 47.8 cm³/mol. The summed E-state index contributed by atoms with van der Waals surface area (Å²) in [7, 11) is 0. The lowest BCUT2D eigenvalue weighted by atomic mass is 10.3. The van der Waals surface area contributed by atoms with Gasteiger partial charge in [-0.15, -0.1) is 0 Å². The highest BCUT2D eigenvalue weighted by Gasteiger charge is 2.17. The lowest BCUT2D eigenvalue weighted by Crippen LogP contribution is -2.19. The maximum Gasteiger partial charge on any atom is 0.186 e. The van der Waals surface area contributed by atoms with Gasteiger partial charge in [0.15, 0.2) is 11.0 Å². The number of nitrogens with one attached hydrogen (secondary N) is 1. The van der Waals surface area contributed by atoms with Crippen LogP contribution in [0, 0.1) is 0 Å². The smallest absolute Gasteiger partial charge is 0.186 e. The van der Waals surface area contributed by atoms with Crippen LogP contribution >= 0.6 is 23.3 Å². The van der Waals surface area contributed by atoms with Crippen LogP contribution < -0.4 is 5.32 Å². The predicted octanol–water partition coefficient (Wildman–Crippen LogP) is 1.39. The first-order chi connectivity index (χ1) is 5.86. The minimum atomic E-state index is 0.339. The maximum atomic E-state index is 5.75. The van der Waals surface area contributed by atoms with Crippen LogP contribution in [0.25, 0.3) is 0 Å². The Hall–Kier alpha value is -0.390. The van der Waals surface area contributed by atoms with Crippen LogP contribution in [0.15, 0.2) is 0 Å². The lowest BCUT2D eigenvalue weighted by molar-refractivity contribution is 0.195. The van der Waals surface area contributed by atoms with Gasteiger partial charge < -0.3 is 10.1 Å². The molecule has 12 heavy (non-hydrogen) atoms. The third-order valence-electron chi connectivity index (χ3n) is 1.72. The Kier molecular flexibility index (Phi) is 2.43. The molecule has 2 rings (SSSR count). The minimum Gasteiger partial charge on any atom is -0.379 e. The zero-order chi connectivity index (χ0) is 8.39. The molecule has 0 aromatic carbocycles. The van der Waals surface area contributed by atoms with E-state index in [9.17, 15) is 0 Å². The molecule has 0 amide bonds. The van der Waals surface area contributed by atoms with Crippen LogP contribution in [0.2, 0.25) is 5.15 Å². The van der Waals surface area contributed by atoms with E-state index in [2.05, 4.69) is 14.1 Å². The monoisotopic (exact) mass is 205 g/mol. The second-order valence-corrected chi connectivity index (χ2v) is 3.49. The van der Waals surface area contributed by atoms with Crippen LogP contribution in [0.4, 0.5) is 5.82 Å². The molecular formula is C6H8ClN3OS. The molecule has 1 aliphatic heterocycles. The molecule has 0 radical (unpaired) electrons. The number of hydrogen-bond acceptors (Lipinski definition) is 5. The zero-order valence-electron chi connectivity index (χ0n) is 6.29. The van der Waals surface area contributed by atoms with Crippen molar-refractivity contribution in [3.63, 3.8) is 0 Å². The molecule has 1 aliphatic rings. The minimum absolute atomic E-state index is 0.339. The summed E-state index contributed by atoms with van der Waals surface area (Å²) in [6, 6.07) is 0.339. The van der Waals surface area contributed by atoms with Gasteiger partial charge in [0, 0.05) is 6.61 Å². The first-order valence-electron chi connectivity index (χ1n) is 3.68. The first kappa shape index (κ1) is 8.22. The van der Waals surface area contributed by atoms with E-state index in [-0.39, 0.29) is 0 Å². The van der Waals surface area contributed by atoms with Crippen molar-refractivity contribution in [2.45, 2.75) is 12.5 Å². The Labute approximate surface area is 79.2 Å². The van der Waals surface area contributed by atoms with Crippen molar-refractivity contribution in [2.75, 3.05) is 18.5 Å². The van der Waals surface area contributed by atoms with Crippen molar-refractivity contribution in [3.05, 3.63) is 5.15 Å². The van der Waals surface area contributed by atoms with E-state index in [1.807, 2.05) is 0 Å². The van der Waals surface area contributed by atoms with Crippen LogP contribution in [-0.4, -0.2) is 28.0 Å². The summed E-state index contributed by atoms with van der Waals surface area (Å²) in [5.74, 6) is 0.678. The van der Waals surface area contributed by atoms with Gasteiger partial charge in [0.1, 0.15) is 0 Å². The van der Waals surface area contributed by atoms with Crippen LogP contribution in [0.5, 0.6) is 0 Å². The number of rotatable bonds is 2. The molecule has 66 valence electrons. The molecule has 1 saturated heterocycles. The van der Waals surface area contributed by atoms with Crippen LogP contribution in [0.1, 0.15) is 6.42 Å². The normalized spacial score (nSPS) is 22.9. The van der Waals surface area contributed by atoms with Crippen molar-refractivity contribution >= 4 is 29.1 Å². The summed E-state index contributed by atoms with van der Waals surface area (Å²) in [5.41, 5.74) is 0. The standard InChI is InChI=1S/C6H8ClN3OS/c7-5-6(10-12-9-5)8-4-1-2-11-3-4/h4H,1-3H2,(H,8,10). The van der Waals surface area contributed by atoms with E-state index >= 15 is 0 Å². The number of aromatic nitrogens is 2. The van der Waals surface area contributed by atoms with Crippen molar-refractivity contribution in [1.29, 1.82) is 0 Å². The topological polar surface area (TPSA) is 47.0 Å². The summed E-state index contributed by atoms with van der Waals surface area (Å²) in [6.07, 6.45) is 1.01. The molecule has 1 unspecified atom stereocenters. The maximum absolute atomic E-state index is 5.75. The third kappa shape index (κ3) is 1.68. The van der Waals surface area contributed by atoms with Crippen LogP contribution in [0.3, 0.4) is 0 Å². The molecule has 0 spiro atoms. The summed E-state index contributed by atoms with van der Waals surface area (Å²) in [5, 5.41) is 3.62. The number of hydrogen-bond donors (Lipinski definition) is 1. The van der Waals surface area contributed by atoms with Gasteiger partial charge in [-0.3, -0.25) is 0 Å². The molecule has 1 aromatic rings. The Balaban J connectivity index is 1.98. The molecule has 1 fully saturated rings. The quantitative estimate of drug-likeness (QED) is 0.793. The molecular weight excluding hydrogens is 198 g/mol. The average molecular weight is 206 g/mol. The van der Waals surface area contributed by atoms with E-state index in [0.717, 1.165) is 31.4 Å². The van der Waals surface area contributed by atoms with E-state index in [1.165, 1.54) is 0 Å². The SMILES string of the molecule is Clc1nsnc1NC1CCOC1. The molecule has 6 heteroatoms. The molecule has 2 heterocycles. The molecule has 4 nitrogen and oxygen atoms in total. The fourth-order valence-corrected chi connectivity index (χ4v) is 1.76. The van der Waals surface area contributed by atoms with Gasteiger partial charge in [-0.25, -0.2) is 0 Å². The summed E-state index contributed by atoms with van der Waals surface area (Å²) in [6.45, 7) is 1.54. The number of nitrogens with zero attached hydrogens (tertiary/aromatic N) is 2.